The number of hydrogen-bond donors (Lipinski definition) is 2. The average molecular weight is 200 g/mol. The van der Waals surface area contributed by atoms with Crippen LogP contribution < -0.4 is 11.1 Å². The summed E-state index contributed by atoms with van der Waals surface area (Å²) in [5.41, 5.74) is 6.32. The highest BCUT2D eigenvalue weighted by Crippen LogP contribution is 2.21. The average Bonchev–Trinajstić information content (AvgIpc) is 2.03. The van der Waals surface area contributed by atoms with Crippen molar-refractivity contribution < 1.29 is 0 Å². The van der Waals surface area contributed by atoms with Crippen LogP contribution in [0, 0.1) is 10.8 Å². The summed E-state index contributed by atoms with van der Waals surface area (Å²) >= 11 is 0. The summed E-state index contributed by atoms with van der Waals surface area (Å²) in [7, 11) is 0. The van der Waals surface area contributed by atoms with Gasteiger partial charge in [-0.15, -0.1) is 0 Å². The van der Waals surface area contributed by atoms with Crippen molar-refractivity contribution in [2.45, 2.75) is 47.5 Å². The summed E-state index contributed by atoms with van der Waals surface area (Å²) in [5.74, 6) is 0. The third kappa shape index (κ3) is 6.39. The lowest BCUT2D eigenvalue weighted by Crippen LogP contribution is -2.39. The fourth-order valence-corrected chi connectivity index (χ4v) is 1.58. The fourth-order valence-electron chi connectivity index (χ4n) is 1.58. The van der Waals surface area contributed by atoms with Gasteiger partial charge in [-0.05, 0) is 23.8 Å². The van der Waals surface area contributed by atoms with Crippen molar-refractivity contribution in [3.05, 3.63) is 0 Å². The van der Waals surface area contributed by atoms with E-state index in [2.05, 4.69) is 39.9 Å². The van der Waals surface area contributed by atoms with Gasteiger partial charge in [0.05, 0.1) is 0 Å². The molecule has 2 heteroatoms. The van der Waals surface area contributed by atoms with Crippen LogP contribution >= 0.6 is 0 Å². The summed E-state index contributed by atoms with van der Waals surface area (Å²) < 4.78 is 0. The van der Waals surface area contributed by atoms with Crippen molar-refractivity contribution in [2.24, 2.45) is 16.6 Å². The Kier molecular flexibility index (Phi) is 5.68. The summed E-state index contributed by atoms with van der Waals surface area (Å²) in [6.07, 6.45) is 2.54. The quantitative estimate of drug-likeness (QED) is 0.662. The predicted molar refractivity (Wildman–Crippen MR) is 64.4 cm³/mol. The van der Waals surface area contributed by atoms with Gasteiger partial charge in [-0.3, -0.25) is 0 Å². The van der Waals surface area contributed by atoms with E-state index in [1.165, 1.54) is 12.8 Å². The van der Waals surface area contributed by atoms with Crippen molar-refractivity contribution in [3.63, 3.8) is 0 Å². The van der Waals surface area contributed by atoms with Gasteiger partial charge in [0.15, 0.2) is 0 Å². The van der Waals surface area contributed by atoms with Crippen molar-refractivity contribution in [1.29, 1.82) is 0 Å². The topological polar surface area (TPSA) is 38.0 Å². The lowest BCUT2D eigenvalue weighted by atomic mass is 9.87. The third-order valence-electron chi connectivity index (χ3n) is 2.69. The normalized spacial score (nSPS) is 13.3. The van der Waals surface area contributed by atoms with E-state index in [0.717, 1.165) is 19.6 Å². The highest BCUT2D eigenvalue weighted by molar-refractivity contribution is 4.76. The Labute approximate surface area is 89.6 Å². The molecule has 0 aliphatic carbocycles. The second kappa shape index (κ2) is 5.72. The summed E-state index contributed by atoms with van der Waals surface area (Å²) in [6.45, 7) is 14.1. The number of nitrogens with one attached hydrogen (secondary N) is 1. The van der Waals surface area contributed by atoms with Gasteiger partial charge >= 0.3 is 0 Å². The molecule has 3 N–H and O–H groups in total. The van der Waals surface area contributed by atoms with Crippen LogP contribution in [0.3, 0.4) is 0 Å². The van der Waals surface area contributed by atoms with E-state index in [4.69, 9.17) is 5.73 Å². The van der Waals surface area contributed by atoms with Gasteiger partial charge < -0.3 is 11.1 Å². The molecule has 0 atom stereocenters. The smallest absolute Gasteiger partial charge is 0.00148 e. The van der Waals surface area contributed by atoms with Crippen molar-refractivity contribution in [3.8, 4) is 0 Å². The molecule has 14 heavy (non-hydrogen) atoms. The summed E-state index contributed by atoms with van der Waals surface area (Å²) in [4.78, 5) is 0. The molecule has 2 nitrogen and oxygen atoms in total. The largest absolute Gasteiger partial charge is 0.330 e. The van der Waals surface area contributed by atoms with E-state index < -0.39 is 0 Å². The Morgan fingerprint density at radius 1 is 1.00 bits per heavy atom. The first-order chi connectivity index (χ1) is 6.33. The third-order valence-corrected chi connectivity index (χ3v) is 2.69. The molecular weight excluding hydrogens is 172 g/mol. The zero-order chi connectivity index (χ0) is 11.2. The van der Waals surface area contributed by atoms with E-state index in [9.17, 15) is 0 Å². The molecule has 0 aromatic heterocycles. The minimum Gasteiger partial charge on any atom is -0.330 e. The maximum Gasteiger partial charge on any atom is 0.00148 e. The van der Waals surface area contributed by atoms with Crippen molar-refractivity contribution >= 4 is 0 Å². The molecule has 0 aliphatic heterocycles. The lowest BCUT2D eigenvalue weighted by molar-refractivity contribution is 0.276. The summed E-state index contributed by atoms with van der Waals surface area (Å²) in [5, 5.41) is 3.52. The minimum absolute atomic E-state index is 0.224. The maximum absolute atomic E-state index is 5.67. The van der Waals surface area contributed by atoms with Gasteiger partial charge in [-0.25, -0.2) is 0 Å². The van der Waals surface area contributed by atoms with Gasteiger partial charge in [-0.2, -0.15) is 0 Å². The van der Waals surface area contributed by atoms with Crippen LogP contribution in [0.1, 0.15) is 47.5 Å². The van der Waals surface area contributed by atoms with E-state index in [0.29, 0.717) is 5.41 Å². The molecule has 0 rings (SSSR count). The Bertz CT molecular complexity index is 150. The van der Waals surface area contributed by atoms with Gasteiger partial charge in [0.25, 0.3) is 0 Å². The zero-order valence-electron chi connectivity index (χ0n) is 10.6. The minimum atomic E-state index is 0.224. The van der Waals surface area contributed by atoms with Gasteiger partial charge in [0.1, 0.15) is 0 Å². The molecule has 0 unspecified atom stereocenters. The van der Waals surface area contributed by atoms with Crippen molar-refractivity contribution in [1.82, 2.24) is 5.32 Å². The molecule has 0 spiro atoms. The number of nitrogens with two attached hydrogens (primary N) is 1. The molecule has 0 aromatic carbocycles. The highest BCUT2D eigenvalue weighted by atomic mass is 14.9. The highest BCUT2D eigenvalue weighted by Gasteiger charge is 2.19. The Morgan fingerprint density at radius 2 is 1.50 bits per heavy atom. The van der Waals surface area contributed by atoms with E-state index in [1.807, 2.05) is 0 Å². The molecule has 0 heterocycles. The van der Waals surface area contributed by atoms with Crippen LogP contribution in [0.5, 0.6) is 0 Å². The molecule has 86 valence electrons. The predicted octanol–water partition coefficient (Wildman–Crippen LogP) is 2.39. The van der Waals surface area contributed by atoms with Gasteiger partial charge in [-0.1, -0.05) is 41.0 Å². The van der Waals surface area contributed by atoms with Crippen LogP contribution in [0.25, 0.3) is 0 Å². The Morgan fingerprint density at radius 3 is 1.93 bits per heavy atom. The first-order valence-corrected chi connectivity index (χ1v) is 5.74. The SMILES string of the molecule is CCCC(C)(C)CNCC(C)(C)CN. The van der Waals surface area contributed by atoms with Crippen molar-refractivity contribution in [2.75, 3.05) is 19.6 Å². The van der Waals surface area contributed by atoms with E-state index >= 15 is 0 Å². The molecule has 0 aromatic rings. The molecule has 0 saturated carbocycles. The van der Waals surface area contributed by atoms with E-state index in [-0.39, 0.29) is 5.41 Å². The van der Waals surface area contributed by atoms with Gasteiger partial charge in [0.2, 0.25) is 0 Å². The second-order valence-electron chi connectivity index (χ2n) is 5.89. The van der Waals surface area contributed by atoms with Crippen LogP contribution in [-0.2, 0) is 0 Å². The molecule has 0 radical (unpaired) electrons. The molecule has 0 fully saturated rings. The molecule has 0 saturated heterocycles. The fraction of sp³-hybridized carbons (Fsp3) is 1.00. The first-order valence-electron chi connectivity index (χ1n) is 5.74. The van der Waals surface area contributed by atoms with Crippen LogP contribution in [0.4, 0.5) is 0 Å². The molecule has 0 amide bonds. The van der Waals surface area contributed by atoms with Crippen LogP contribution in [0.2, 0.25) is 0 Å². The number of rotatable bonds is 7. The lowest BCUT2D eigenvalue weighted by Gasteiger charge is -2.28. The molecule has 0 aliphatic rings. The number of hydrogen-bond acceptors (Lipinski definition) is 2. The van der Waals surface area contributed by atoms with Crippen LogP contribution in [-0.4, -0.2) is 19.6 Å². The maximum atomic E-state index is 5.67. The standard InChI is InChI=1S/C12H28N2/c1-6-7-11(2,3)9-14-10-12(4,5)8-13/h14H,6-10,13H2,1-5H3. The molecule has 0 bridgehead atoms. The Balaban J connectivity index is 3.73. The Hall–Kier alpha value is -0.0800. The van der Waals surface area contributed by atoms with Crippen LogP contribution in [0.15, 0.2) is 0 Å². The second-order valence-corrected chi connectivity index (χ2v) is 5.89. The van der Waals surface area contributed by atoms with Gasteiger partial charge in [0, 0.05) is 13.1 Å². The van der Waals surface area contributed by atoms with E-state index in [1.54, 1.807) is 0 Å². The summed E-state index contributed by atoms with van der Waals surface area (Å²) in [6, 6.07) is 0. The monoisotopic (exact) mass is 200 g/mol. The first kappa shape index (κ1) is 13.9. The zero-order valence-corrected chi connectivity index (χ0v) is 10.6. The molecular formula is C12H28N2.